The van der Waals surface area contributed by atoms with E-state index < -0.39 is 21.0 Å². The Morgan fingerprint density at radius 1 is 1.33 bits per heavy atom. The number of rotatable bonds is 5. The van der Waals surface area contributed by atoms with Crippen molar-refractivity contribution in [3.63, 3.8) is 0 Å². The van der Waals surface area contributed by atoms with E-state index in [2.05, 4.69) is 10.3 Å². The molecule has 1 saturated carbocycles. The van der Waals surface area contributed by atoms with Crippen LogP contribution in [0.25, 0.3) is 5.69 Å². The van der Waals surface area contributed by atoms with Crippen molar-refractivity contribution in [1.82, 2.24) is 14.9 Å². The van der Waals surface area contributed by atoms with E-state index in [0.717, 1.165) is 29.7 Å². The molecule has 128 valence electrons. The summed E-state index contributed by atoms with van der Waals surface area (Å²) in [6.07, 6.45) is 4.87. The first-order valence-corrected chi connectivity index (χ1v) is 9.50. The van der Waals surface area contributed by atoms with Crippen LogP contribution >= 0.6 is 0 Å². The van der Waals surface area contributed by atoms with E-state index in [9.17, 15) is 13.2 Å². The molecule has 1 N–H and O–H groups in total. The molecule has 6 nitrogen and oxygen atoms in total. The average Bonchev–Trinajstić information content (AvgIpc) is 3.19. The summed E-state index contributed by atoms with van der Waals surface area (Å²) >= 11 is 0. The molecular weight excluding hydrogens is 326 g/mol. The van der Waals surface area contributed by atoms with Gasteiger partial charge in [0.15, 0.2) is 0 Å². The average molecular weight is 347 g/mol. The van der Waals surface area contributed by atoms with E-state index in [4.69, 9.17) is 0 Å². The largest absolute Gasteiger partial charge is 0.352 e. The molecule has 1 fully saturated rings. The topological polar surface area (TPSA) is 81.1 Å². The fourth-order valence-corrected chi connectivity index (χ4v) is 3.91. The molecule has 1 aliphatic rings. The van der Waals surface area contributed by atoms with Crippen molar-refractivity contribution in [3.05, 3.63) is 41.7 Å². The number of imidazole rings is 1. The van der Waals surface area contributed by atoms with Crippen molar-refractivity contribution in [2.75, 3.05) is 0 Å². The number of nitrogens with one attached hydrogen (secondary N) is 1. The molecule has 0 aliphatic heterocycles. The van der Waals surface area contributed by atoms with E-state index in [1.54, 1.807) is 6.20 Å². The summed E-state index contributed by atoms with van der Waals surface area (Å²) in [5.41, 5.74) is 2.78. The van der Waals surface area contributed by atoms with Gasteiger partial charge >= 0.3 is 0 Å². The standard InChI is InChI=1S/C17H21N3O3S/c1-11-4-7-15(12(2)10-11)20-9-8-18-17(20)24(22,23)13(3)16(21)19-14-5-6-14/h4,7-10,13-14H,5-6H2,1-3H3,(H,19,21). The van der Waals surface area contributed by atoms with Crippen LogP contribution in [-0.4, -0.2) is 35.2 Å². The molecule has 1 aromatic heterocycles. The van der Waals surface area contributed by atoms with Gasteiger partial charge in [-0.3, -0.25) is 9.36 Å². The minimum absolute atomic E-state index is 0.104. The Kier molecular flexibility index (Phi) is 4.21. The molecule has 1 unspecified atom stereocenters. The summed E-state index contributed by atoms with van der Waals surface area (Å²) in [6, 6.07) is 5.88. The lowest BCUT2D eigenvalue weighted by molar-refractivity contribution is -0.120. The third-order valence-electron chi connectivity index (χ3n) is 4.23. The first kappa shape index (κ1) is 16.7. The van der Waals surface area contributed by atoms with Gasteiger partial charge in [0, 0.05) is 18.4 Å². The second-order valence-electron chi connectivity index (χ2n) is 6.34. The molecule has 1 atom stereocenters. The van der Waals surface area contributed by atoms with E-state index >= 15 is 0 Å². The fourth-order valence-electron chi connectivity index (χ4n) is 2.60. The first-order valence-electron chi connectivity index (χ1n) is 7.96. The van der Waals surface area contributed by atoms with Crippen LogP contribution in [0.15, 0.2) is 35.7 Å². The van der Waals surface area contributed by atoms with Gasteiger partial charge < -0.3 is 5.32 Å². The zero-order chi connectivity index (χ0) is 17.5. The zero-order valence-electron chi connectivity index (χ0n) is 14.0. The Morgan fingerprint density at radius 2 is 2.04 bits per heavy atom. The quantitative estimate of drug-likeness (QED) is 0.896. The Balaban J connectivity index is 1.97. The van der Waals surface area contributed by atoms with Gasteiger partial charge in [-0.2, -0.15) is 0 Å². The summed E-state index contributed by atoms with van der Waals surface area (Å²) in [5.74, 6) is -0.465. The van der Waals surface area contributed by atoms with Crippen molar-refractivity contribution in [2.45, 2.75) is 50.1 Å². The third-order valence-corrected chi connectivity index (χ3v) is 6.19. The summed E-state index contributed by atoms with van der Waals surface area (Å²) < 4.78 is 27.3. The highest BCUT2D eigenvalue weighted by Gasteiger charge is 2.36. The third kappa shape index (κ3) is 3.08. The summed E-state index contributed by atoms with van der Waals surface area (Å²) in [7, 11) is -3.88. The van der Waals surface area contributed by atoms with Crippen LogP contribution in [0, 0.1) is 13.8 Å². The van der Waals surface area contributed by atoms with Gasteiger partial charge in [-0.05, 0) is 45.2 Å². The molecule has 1 heterocycles. The first-order chi connectivity index (χ1) is 11.3. The number of aryl methyl sites for hydroxylation is 2. The second-order valence-corrected chi connectivity index (χ2v) is 8.50. The van der Waals surface area contributed by atoms with Crippen LogP contribution in [0.1, 0.15) is 30.9 Å². The number of sulfone groups is 1. The molecule has 1 aliphatic carbocycles. The van der Waals surface area contributed by atoms with Crippen molar-refractivity contribution >= 4 is 15.7 Å². The maximum absolute atomic E-state index is 12.9. The minimum atomic E-state index is -3.88. The fraction of sp³-hybridized carbons (Fsp3) is 0.412. The molecule has 0 bridgehead atoms. The lowest BCUT2D eigenvalue weighted by atomic mass is 10.1. The van der Waals surface area contributed by atoms with Gasteiger partial charge in [0.25, 0.3) is 0 Å². The lowest BCUT2D eigenvalue weighted by Gasteiger charge is -2.15. The van der Waals surface area contributed by atoms with E-state index in [1.165, 1.54) is 17.7 Å². The van der Waals surface area contributed by atoms with Crippen LogP contribution in [0.5, 0.6) is 0 Å². The smallest absolute Gasteiger partial charge is 0.238 e. The van der Waals surface area contributed by atoms with Crippen molar-refractivity contribution in [3.8, 4) is 5.69 Å². The molecule has 0 radical (unpaired) electrons. The number of carbonyl (C=O) groups excluding carboxylic acids is 1. The van der Waals surface area contributed by atoms with E-state index in [0.29, 0.717) is 0 Å². The lowest BCUT2D eigenvalue weighted by Crippen LogP contribution is -2.39. The Labute approximate surface area is 141 Å². The maximum Gasteiger partial charge on any atom is 0.238 e. The summed E-state index contributed by atoms with van der Waals surface area (Å²) in [6.45, 7) is 5.31. The highest BCUT2D eigenvalue weighted by atomic mass is 32.2. The van der Waals surface area contributed by atoms with Gasteiger partial charge in [-0.15, -0.1) is 0 Å². The maximum atomic E-state index is 12.9. The Hall–Kier alpha value is -2.15. The van der Waals surface area contributed by atoms with Gasteiger partial charge in [0.05, 0.1) is 5.69 Å². The zero-order valence-corrected chi connectivity index (χ0v) is 14.8. The molecule has 3 rings (SSSR count). The molecule has 2 aromatic rings. The summed E-state index contributed by atoms with van der Waals surface area (Å²) in [4.78, 5) is 16.2. The Bertz CT molecular complexity index is 882. The van der Waals surface area contributed by atoms with Crippen molar-refractivity contribution < 1.29 is 13.2 Å². The number of hydrogen-bond acceptors (Lipinski definition) is 4. The number of benzene rings is 1. The van der Waals surface area contributed by atoms with Crippen LogP contribution in [-0.2, 0) is 14.6 Å². The predicted molar refractivity (Wildman–Crippen MR) is 90.9 cm³/mol. The minimum Gasteiger partial charge on any atom is -0.352 e. The van der Waals surface area contributed by atoms with Crippen molar-refractivity contribution in [2.24, 2.45) is 0 Å². The highest BCUT2D eigenvalue weighted by Crippen LogP contribution is 2.24. The molecule has 7 heteroatoms. The molecule has 0 spiro atoms. The molecular formula is C17H21N3O3S. The highest BCUT2D eigenvalue weighted by molar-refractivity contribution is 7.92. The predicted octanol–water partition coefficient (Wildman–Crippen LogP) is 1.93. The molecule has 1 aromatic carbocycles. The second kappa shape index (κ2) is 6.05. The van der Waals surface area contributed by atoms with Gasteiger partial charge in [-0.1, -0.05) is 17.7 Å². The van der Waals surface area contributed by atoms with Crippen LogP contribution in [0.4, 0.5) is 0 Å². The molecule has 1 amide bonds. The molecule has 0 saturated heterocycles. The number of amides is 1. The van der Waals surface area contributed by atoms with Gasteiger partial charge in [-0.25, -0.2) is 13.4 Å². The number of hydrogen-bond donors (Lipinski definition) is 1. The van der Waals surface area contributed by atoms with Crippen LogP contribution < -0.4 is 5.32 Å². The number of carbonyl (C=O) groups is 1. The van der Waals surface area contributed by atoms with Gasteiger partial charge in [0.2, 0.25) is 20.9 Å². The van der Waals surface area contributed by atoms with E-state index in [-0.39, 0.29) is 11.2 Å². The normalized spacial score (nSPS) is 16.0. The summed E-state index contributed by atoms with van der Waals surface area (Å²) in [5, 5.41) is 1.46. The van der Waals surface area contributed by atoms with Crippen LogP contribution in [0.2, 0.25) is 0 Å². The Morgan fingerprint density at radius 3 is 2.67 bits per heavy atom. The number of aromatic nitrogens is 2. The van der Waals surface area contributed by atoms with Crippen LogP contribution in [0.3, 0.4) is 0 Å². The SMILES string of the molecule is Cc1ccc(-n2ccnc2S(=O)(=O)C(C)C(=O)NC2CC2)c(C)c1. The van der Waals surface area contributed by atoms with E-state index in [1.807, 2.05) is 32.0 Å². The van der Waals surface area contributed by atoms with Crippen molar-refractivity contribution in [1.29, 1.82) is 0 Å². The number of nitrogens with zero attached hydrogens (tertiary/aromatic N) is 2. The molecule has 24 heavy (non-hydrogen) atoms. The van der Waals surface area contributed by atoms with Gasteiger partial charge in [0.1, 0.15) is 5.25 Å². The monoisotopic (exact) mass is 347 g/mol.